The molecule has 1 fully saturated rings. The number of thiophene rings is 1. The number of nitro groups is 1. The van der Waals surface area contributed by atoms with Crippen molar-refractivity contribution >= 4 is 33.0 Å². The van der Waals surface area contributed by atoms with Crippen LogP contribution in [-0.4, -0.2) is 53.4 Å². The fourth-order valence-corrected chi connectivity index (χ4v) is 6.09. The van der Waals surface area contributed by atoms with Gasteiger partial charge in [-0.15, -0.1) is 11.3 Å². The minimum Gasteiger partial charge on any atom is -0.343 e. The molecule has 9 heteroatoms. The predicted octanol–water partition coefficient (Wildman–Crippen LogP) is 3.85. The molecule has 0 saturated carbocycles. The van der Waals surface area contributed by atoms with E-state index in [9.17, 15) is 19.3 Å². The normalized spacial score (nSPS) is 22.0. The number of nitro benzene ring substituents is 1. The number of likely N-dealkylation sites (N-methyl/N-ethyl adjacent to an activating group) is 1. The molecule has 1 amide bonds. The SMILES string of the molecule is CCN1CCN(C2C(=O)NC(c3cccc([N+](=O)[O-])c3)c3sc4c(F)cccc4c32)CC1. The van der Waals surface area contributed by atoms with Crippen LogP contribution in [0, 0.1) is 15.9 Å². The van der Waals surface area contributed by atoms with Gasteiger partial charge in [0, 0.05) is 54.1 Å². The van der Waals surface area contributed by atoms with Crippen LogP contribution in [0.4, 0.5) is 10.1 Å². The minimum absolute atomic E-state index is 0.0385. The average molecular weight is 455 g/mol. The molecule has 0 spiro atoms. The Bertz CT molecular complexity index is 1210. The van der Waals surface area contributed by atoms with Gasteiger partial charge >= 0.3 is 0 Å². The van der Waals surface area contributed by atoms with Crippen LogP contribution in [0.25, 0.3) is 10.1 Å². The molecule has 0 aliphatic carbocycles. The van der Waals surface area contributed by atoms with E-state index in [1.165, 1.54) is 29.5 Å². The average Bonchev–Trinajstić information content (AvgIpc) is 3.19. The zero-order valence-electron chi connectivity index (χ0n) is 17.6. The summed E-state index contributed by atoms with van der Waals surface area (Å²) in [6, 6.07) is 10.2. The van der Waals surface area contributed by atoms with Crippen molar-refractivity contribution in [2.75, 3.05) is 32.7 Å². The first-order valence-corrected chi connectivity index (χ1v) is 11.5. The topological polar surface area (TPSA) is 78.7 Å². The van der Waals surface area contributed by atoms with Crippen LogP contribution in [0.1, 0.15) is 35.0 Å². The van der Waals surface area contributed by atoms with Gasteiger partial charge in [0.25, 0.3) is 5.69 Å². The molecule has 3 aromatic rings. The quantitative estimate of drug-likeness (QED) is 0.479. The lowest BCUT2D eigenvalue weighted by Crippen LogP contribution is -2.52. The first-order chi connectivity index (χ1) is 15.5. The van der Waals surface area contributed by atoms with Crippen molar-refractivity contribution in [1.29, 1.82) is 0 Å². The van der Waals surface area contributed by atoms with Crippen LogP contribution >= 0.6 is 11.3 Å². The third-order valence-electron chi connectivity index (χ3n) is 6.44. The van der Waals surface area contributed by atoms with Gasteiger partial charge in [0.2, 0.25) is 5.91 Å². The van der Waals surface area contributed by atoms with Crippen molar-refractivity contribution in [3.05, 3.63) is 74.4 Å². The van der Waals surface area contributed by atoms with Gasteiger partial charge in [0.1, 0.15) is 11.9 Å². The molecule has 3 heterocycles. The number of non-ortho nitro benzene ring substituents is 1. The van der Waals surface area contributed by atoms with Gasteiger partial charge in [0.05, 0.1) is 15.7 Å². The summed E-state index contributed by atoms with van der Waals surface area (Å²) < 4.78 is 15.2. The first kappa shape index (κ1) is 21.0. The number of fused-ring (bicyclic) bond motifs is 3. The number of carbonyl (C=O) groups is 1. The van der Waals surface area contributed by atoms with Gasteiger partial charge in [-0.1, -0.05) is 31.2 Å². The van der Waals surface area contributed by atoms with E-state index in [-0.39, 0.29) is 17.4 Å². The zero-order chi connectivity index (χ0) is 22.4. The van der Waals surface area contributed by atoms with Crippen molar-refractivity contribution in [1.82, 2.24) is 15.1 Å². The maximum Gasteiger partial charge on any atom is 0.269 e. The molecule has 7 nitrogen and oxygen atoms in total. The van der Waals surface area contributed by atoms with E-state index in [0.29, 0.717) is 10.3 Å². The molecule has 1 saturated heterocycles. The third kappa shape index (κ3) is 3.46. The number of halogens is 1. The van der Waals surface area contributed by atoms with Gasteiger partial charge in [0.15, 0.2) is 0 Å². The first-order valence-electron chi connectivity index (χ1n) is 10.7. The molecule has 2 aliphatic heterocycles. The molecule has 2 atom stereocenters. The molecular weight excluding hydrogens is 431 g/mol. The molecule has 2 unspecified atom stereocenters. The highest BCUT2D eigenvalue weighted by Gasteiger charge is 2.41. The molecule has 0 bridgehead atoms. The Morgan fingerprint density at radius 3 is 2.66 bits per heavy atom. The largest absolute Gasteiger partial charge is 0.343 e. The maximum absolute atomic E-state index is 14.7. The smallest absolute Gasteiger partial charge is 0.269 e. The summed E-state index contributed by atoms with van der Waals surface area (Å²) >= 11 is 1.32. The van der Waals surface area contributed by atoms with E-state index in [0.717, 1.165) is 48.6 Å². The number of hydrogen-bond donors (Lipinski definition) is 1. The molecule has 5 rings (SSSR count). The molecule has 0 radical (unpaired) electrons. The fourth-order valence-electron chi connectivity index (χ4n) is 4.78. The van der Waals surface area contributed by atoms with Gasteiger partial charge in [-0.2, -0.15) is 0 Å². The van der Waals surface area contributed by atoms with Crippen LogP contribution < -0.4 is 5.32 Å². The lowest BCUT2D eigenvalue weighted by atomic mass is 9.90. The van der Waals surface area contributed by atoms with Crippen molar-refractivity contribution < 1.29 is 14.1 Å². The Morgan fingerprint density at radius 2 is 1.94 bits per heavy atom. The summed E-state index contributed by atoms with van der Waals surface area (Å²) in [5, 5.41) is 15.1. The van der Waals surface area contributed by atoms with E-state index in [2.05, 4.69) is 22.0 Å². The number of amides is 1. The summed E-state index contributed by atoms with van der Waals surface area (Å²) in [4.78, 5) is 29.7. The number of rotatable bonds is 4. The zero-order valence-corrected chi connectivity index (χ0v) is 18.4. The number of benzene rings is 2. The minimum atomic E-state index is -0.553. The van der Waals surface area contributed by atoms with E-state index >= 15 is 0 Å². The van der Waals surface area contributed by atoms with Crippen LogP contribution in [0.5, 0.6) is 0 Å². The number of nitrogens with one attached hydrogen (secondary N) is 1. The number of hydrogen-bond acceptors (Lipinski definition) is 6. The van der Waals surface area contributed by atoms with E-state index in [1.807, 2.05) is 6.07 Å². The van der Waals surface area contributed by atoms with Gasteiger partial charge < -0.3 is 10.2 Å². The fraction of sp³-hybridized carbons (Fsp3) is 0.348. The summed E-state index contributed by atoms with van der Waals surface area (Å²) in [5.41, 5.74) is 1.41. The van der Waals surface area contributed by atoms with Gasteiger partial charge in [-0.25, -0.2) is 4.39 Å². The Hall–Kier alpha value is -2.88. The van der Waals surface area contributed by atoms with Crippen molar-refractivity contribution in [2.45, 2.75) is 19.0 Å². The predicted molar refractivity (Wildman–Crippen MR) is 121 cm³/mol. The molecule has 2 aromatic carbocycles. The van der Waals surface area contributed by atoms with Crippen LogP contribution in [0.3, 0.4) is 0 Å². The van der Waals surface area contributed by atoms with Gasteiger partial charge in [-0.05, 0) is 18.2 Å². The molecule has 32 heavy (non-hydrogen) atoms. The molecule has 2 aliphatic rings. The van der Waals surface area contributed by atoms with E-state index in [4.69, 9.17) is 0 Å². The molecule has 1 aromatic heterocycles. The van der Waals surface area contributed by atoms with Crippen molar-refractivity contribution in [3.63, 3.8) is 0 Å². The van der Waals surface area contributed by atoms with E-state index < -0.39 is 17.0 Å². The third-order valence-corrected chi connectivity index (χ3v) is 7.73. The highest BCUT2D eigenvalue weighted by Crippen LogP contribution is 2.46. The molecule has 166 valence electrons. The summed E-state index contributed by atoms with van der Waals surface area (Å²) in [5.74, 6) is -0.468. The summed E-state index contributed by atoms with van der Waals surface area (Å²) in [7, 11) is 0. The standard InChI is InChI=1S/C23H23FN4O3S/c1-2-26-9-11-27(12-10-26)20-18-16-7-4-8-17(24)21(16)32-22(18)19(25-23(20)29)14-5-3-6-15(13-14)28(30)31/h3-8,13,19-20H,2,9-12H2,1H3,(H,25,29). The molecular formula is C23H23FN4O3S. The second-order valence-electron chi connectivity index (χ2n) is 8.16. The summed E-state index contributed by atoms with van der Waals surface area (Å²) in [6.45, 7) is 6.34. The Morgan fingerprint density at radius 1 is 1.19 bits per heavy atom. The van der Waals surface area contributed by atoms with Crippen molar-refractivity contribution in [2.24, 2.45) is 0 Å². The second-order valence-corrected chi connectivity index (χ2v) is 9.22. The summed E-state index contributed by atoms with van der Waals surface area (Å²) in [6.07, 6.45) is 0. The number of nitrogens with zero attached hydrogens (tertiary/aromatic N) is 3. The lowest BCUT2D eigenvalue weighted by Gasteiger charge is -2.41. The number of piperazine rings is 1. The Balaban J connectivity index is 1.64. The second kappa shape index (κ2) is 8.23. The Labute approximate surface area is 188 Å². The monoisotopic (exact) mass is 454 g/mol. The van der Waals surface area contributed by atoms with Crippen LogP contribution in [-0.2, 0) is 4.79 Å². The highest BCUT2D eigenvalue weighted by atomic mass is 32.1. The maximum atomic E-state index is 14.7. The Kier molecular flexibility index (Phi) is 5.40. The lowest BCUT2D eigenvalue weighted by molar-refractivity contribution is -0.384. The number of carbonyl (C=O) groups excluding carboxylic acids is 1. The van der Waals surface area contributed by atoms with Crippen LogP contribution in [0.2, 0.25) is 0 Å². The van der Waals surface area contributed by atoms with Crippen molar-refractivity contribution in [3.8, 4) is 0 Å². The molecule has 1 N–H and O–H groups in total. The van der Waals surface area contributed by atoms with E-state index in [1.54, 1.807) is 18.2 Å². The van der Waals surface area contributed by atoms with Gasteiger partial charge in [-0.3, -0.25) is 19.8 Å². The highest BCUT2D eigenvalue weighted by molar-refractivity contribution is 7.19. The van der Waals surface area contributed by atoms with Crippen LogP contribution in [0.15, 0.2) is 42.5 Å².